The summed E-state index contributed by atoms with van der Waals surface area (Å²) in [5.41, 5.74) is -0.779. The predicted octanol–water partition coefficient (Wildman–Crippen LogP) is 2.36. The highest BCUT2D eigenvalue weighted by Crippen LogP contribution is 2.35. The number of carboxylic acids is 1. The topological polar surface area (TPSA) is 60.9 Å². The standard InChI is InChI=1S/C15H24N2O3/c1-4-7-15(13(18)19)8-11-17(12-15)14(20)16(9-5-2)10-6-3/h5-6H,2-4,7-12H2,1H3,(H,18,19). The zero-order chi connectivity index (χ0) is 15.2. The largest absolute Gasteiger partial charge is 0.481 e. The molecule has 2 amide bonds. The van der Waals surface area contributed by atoms with E-state index in [1.807, 2.05) is 6.92 Å². The molecule has 0 saturated carbocycles. The number of carbonyl (C=O) groups is 2. The fourth-order valence-corrected chi connectivity index (χ4v) is 2.74. The van der Waals surface area contributed by atoms with Crippen molar-refractivity contribution >= 4 is 12.0 Å². The van der Waals surface area contributed by atoms with Crippen LogP contribution in [0.2, 0.25) is 0 Å². The number of nitrogens with zero attached hydrogens (tertiary/aromatic N) is 2. The summed E-state index contributed by atoms with van der Waals surface area (Å²) in [5, 5.41) is 9.46. The van der Waals surface area contributed by atoms with Gasteiger partial charge in [0.2, 0.25) is 0 Å². The molecule has 1 fully saturated rings. The number of hydrogen-bond acceptors (Lipinski definition) is 2. The Morgan fingerprint density at radius 2 is 1.95 bits per heavy atom. The number of rotatable bonds is 7. The Labute approximate surface area is 120 Å². The van der Waals surface area contributed by atoms with Crippen LogP contribution in [0.1, 0.15) is 26.2 Å². The van der Waals surface area contributed by atoms with E-state index in [1.54, 1.807) is 22.0 Å². The number of carboxylic acid groups (broad SMARTS) is 1. The van der Waals surface area contributed by atoms with Gasteiger partial charge in [0, 0.05) is 26.2 Å². The van der Waals surface area contributed by atoms with Gasteiger partial charge in [0.1, 0.15) is 0 Å². The summed E-state index contributed by atoms with van der Waals surface area (Å²) in [6.07, 6.45) is 5.26. The molecule has 0 radical (unpaired) electrons. The maximum Gasteiger partial charge on any atom is 0.320 e. The molecule has 20 heavy (non-hydrogen) atoms. The van der Waals surface area contributed by atoms with Gasteiger partial charge in [-0.1, -0.05) is 25.5 Å². The molecule has 1 aliphatic rings. The molecule has 1 heterocycles. The van der Waals surface area contributed by atoms with Crippen molar-refractivity contribution in [2.45, 2.75) is 26.2 Å². The van der Waals surface area contributed by atoms with E-state index in [1.165, 1.54) is 0 Å². The zero-order valence-corrected chi connectivity index (χ0v) is 12.2. The van der Waals surface area contributed by atoms with Gasteiger partial charge in [0.25, 0.3) is 0 Å². The van der Waals surface area contributed by atoms with Gasteiger partial charge in [0.15, 0.2) is 0 Å². The smallest absolute Gasteiger partial charge is 0.320 e. The van der Waals surface area contributed by atoms with Crippen molar-refractivity contribution in [2.24, 2.45) is 5.41 Å². The van der Waals surface area contributed by atoms with Crippen molar-refractivity contribution in [3.8, 4) is 0 Å². The molecule has 0 spiro atoms. The monoisotopic (exact) mass is 280 g/mol. The first-order chi connectivity index (χ1) is 9.50. The number of aliphatic carboxylic acids is 1. The number of urea groups is 1. The van der Waals surface area contributed by atoms with Crippen LogP contribution >= 0.6 is 0 Å². The minimum atomic E-state index is -0.798. The molecular weight excluding hydrogens is 256 g/mol. The molecule has 0 aromatic carbocycles. The quantitative estimate of drug-likeness (QED) is 0.728. The predicted molar refractivity (Wildman–Crippen MR) is 78.5 cm³/mol. The van der Waals surface area contributed by atoms with E-state index in [0.29, 0.717) is 39.0 Å². The highest BCUT2D eigenvalue weighted by atomic mass is 16.4. The molecule has 0 bridgehead atoms. The Morgan fingerprint density at radius 3 is 2.40 bits per heavy atom. The van der Waals surface area contributed by atoms with Crippen molar-refractivity contribution < 1.29 is 14.7 Å². The molecule has 1 unspecified atom stereocenters. The normalized spacial score (nSPS) is 21.6. The van der Waals surface area contributed by atoms with Gasteiger partial charge in [-0.3, -0.25) is 4.79 Å². The van der Waals surface area contributed by atoms with Crippen LogP contribution in [-0.4, -0.2) is 53.1 Å². The molecule has 1 aliphatic heterocycles. The first kappa shape index (κ1) is 16.3. The van der Waals surface area contributed by atoms with E-state index in [9.17, 15) is 14.7 Å². The fraction of sp³-hybridized carbons (Fsp3) is 0.600. The van der Waals surface area contributed by atoms with Gasteiger partial charge in [-0.2, -0.15) is 0 Å². The summed E-state index contributed by atoms with van der Waals surface area (Å²) in [5.74, 6) is -0.798. The molecule has 112 valence electrons. The third-order valence-electron chi connectivity index (χ3n) is 3.78. The Morgan fingerprint density at radius 1 is 1.35 bits per heavy atom. The zero-order valence-electron chi connectivity index (χ0n) is 12.2. The SMILES string of the molecule is C=CCN(CC=C)C(=O)N1CCC(CCC)(C(=O)O)C1. The second-order valence-corrected chi connectivity index (χ2v) is 5.27. The van der Waals surface area contributed by atoms with E-state index < -0.39 is 11.4 Å². The molecule has 1 N–H and O–H groups in total. The van der Waals surface area contributed by atoms with Gasteiger partial charge in [0.05, 0.1) is 5.41 Å². The number of carbonyl (C=O) groups excluding carboxylic acids is 1. The van der Waals surface area contributed by atoms with Gasteiger partial charge < -0.3 is 14.9 Å². The Bertz CT molecular complexity index is 385. The number of amides is 2. The number of hydrogen-bond donors (Lipinski definition) is 1. The molecule has 5 nitrogen and oxygen atoms in total. The van der Waals surface area contributed by atoms with Crippen molar-refractivity contribution in [1.29, 1.82) is 0 Å². The minimum Gasteiger partial charge on any atom is -0.481 e. The summed E-state index contributed by atoms with van der Waals surface area (Å²) in [6.45, 7) is 10.9. The maximum atomic E-state index is 12.4. The Kier molecular flexibility index (Phi) is 5.80. The maximum absolute atomic E-state index is 12.4. The highest BCUT2D eigenvalue weighted by molar-refractivity contribution is 5.80. The summed E-state index contributed by atoms with van der Waals surface area (Å²) >= 11 is 0. The van der Waals surface area contributed by atoms with E-state index >= 15 is 0 Å². The van der Waals surface area contributed by atoms with Crippen LogP contribution in [0.25, 0.3) is 0 Å². The minimum absolute atomic E-state index is 0.135. The third kappa shape index (κ3) is 3.40. The second-order valence-electron chi connectivity index (χ2n) is 5.27. The summed E-state index contributed by atoms with van der Waals surface area (Å²) in [6, 6.07) is -0.135. The van der Waals surface area contributed by atoms with Crippen LogP contribution in [0.3, 0.4) is 0 Å². The van der Waals surface area contributed by atoms with Crippen molar-refractivity contribution in [1.82, 2.24) is 9.80 Å². The van der Waals surface area contributed by atoms with Crippen LogP contribution < -0.4 is 0 Å². The molecule has 0 aromatic heterocycles. The average molecular weight is 280 g/mol. The molecule has 1 rings (SSSR count). The van der Waals surface area contributed by atoms with E-state index in [2.05, 4.69) is 13.2 Å². The van der Waals surface area contributed by atoms with E-state index in [-0.39, 0.29) is 6.03 Å². The van der Waals surface area contributed by atoms with Crippen LogP contribution in [0.5, 0.6) is 0 Å². The van der Waals surface area contributed by atoms with Gasteiger partial charge in [-0.05, 0) is 12.8 Å². The molecule has 5 heteroatoms. The number of likely N-dealkylation sites (tertiary alicyclic amines) is 1. The highest BCUT2D eigenvalue weighted by Gasteiger charge is 2.45. The van der Waals surface area contributed by atoms with Crippen LogP contribution in [0, 0.1) is 5.41 Å². The molecule has 1 saturated heterocycles. The third-order valence-corrected chi connectivity index (χ3v) is 3.78. The lowest BCUT2D eigenvalue weighted by atomic mass is 9.83. The van der Waals surface area contributed by atoms with Gasteiger partial charge in [-0.25, -0.2) is 4.79 Å². The fourth-order valence-electron chi connectivity index (χ4n) is 2.74. The Hall–Kier alpha value is -1.78. The lowest BCUT2D eigenvalue weighted by molar-refractivity contribution is -0.148. The second kappa shape index (κ2) is 7.12. The van der Waals surface area contributed by atoms with Crippen molar-refractivity contribution in [3.63, 3.8) is 0 Å². The lowest BCUT2D eigenvalue weighted by Gasteiger charge is -2.28. The summed E-state index contributed by atoms with van der Waals surface area (Å²) in [7, 11) is 0. The Balaban J connectivity index is 2.78. The summed E-state index contributed by atoms with van der Waals surface area (Å²) < 4.78 is 0. The summed E-state index contributed by atoms with van der Waals surface area (Å²) in [4.78, 5) is 27.2. The molecule has 0 aromatic rings. The first-order valence-electron chi connectivity index (χ1n) is 6.99. The van der Waals surface area contributed by atoms with Crippen LogP contribution in [0.4, 0.5) is 4.79 Å². The first-order valence-corrected chi connectivity index (χ1v) is 6.99. The van der Waals surface area contributed by atoms with E-state index in [4.69, 9.17) is 0 Å². The van der Waals surface area contributed by atoms with Gasteiger partial charge in [-0.15, -0.1) is 13.2 Å². The van der Waals surface area contributed by atoms with Gasteiger partial charge >= 0.3 is 12.0 Å². The average Bonchev–Trinajstić information content (AvgIpc) is 2.84. The lowest BCUT2D eigenvalue weighted by Crippen LogP contribution is -2.44. The molecule has 1 atom stereocenters. The van der Waals surface area contributed by atoms with Crippen LogP contribution in [-0.2, 0) is 4.79 Å². The van der Waals surface area contributed by atoms with Crippen molar-refractivity contribution in [3.05, 3.63) is 25.3 Å². The molecular formula is C15H24N2O3. The molecule has 0 aliphatic carbocycles. The van der Waals surface area contributed by atoms with E-state index in [0.717, 1.165) is 6.42 Å². The van der Waals surface area contributed by atoms with Crippen molar-refractivity contribution in [2.75, 3.05) is 26.2 Å². The van der Waals surface area contributed by atoms with Crippen LogP contribution in [0.15, 0.2) is 25.3 Å².